The van der Waals surface area contributed by atoms with E-state index in [1.54, 1.807) is 11.8 Å². The number of ether oxygens (including phenoxy) is 1. The highest BCUT2D eigenvalue weighted by Crippen LogP contribution is 2.45. The summed E-state index contributed by atoms with van der Waals surface area (Å²) in [4.78, 5) is 28.3. The van der Waals surface area contributed by atoms with Crippen LogP contribution in [0.15, 0.2) is 30.3 Å². The highest BCUT2D eigenvalue weighted by atomic mass is 16.6. The molecule has 2 atom stereocenters. The summed E-state index contributed by atoms with van der Waals surface area (Å²) in [7, 11) is 0. The van der Waals surface area contributed by atoms with Crippen molar-refractivity contribution in [3.8, 4) is 0 Å². The van der Waals surface area contributed by atoms with E-state index in [9.17, 15) is 9.59 Å². The first-order valence-corrected chi connectivity index (χ1v) is 10.0. The SMILES string of the molecule is CC(=O)N(CC1CCN(C(=O)OC(C)(C)C)CC1)C1CC1c1ccccc1. The van der Waals surface area contributed by atoms with E-state index in [1.807, 2.05) is 26.8 Å². The smallest absolute Gasteiger partial charge is 0.410 e. The molecule has 2 unspecified atom stereocenters. The third-order valence-corrected chi connectivity index (χ3v) is 5.51. The van der Waals surface area contributed by atoms with Gasteiger partial charge in [0.2, 0.25) is 5.91 Å². The maximum absolute atomic E-state index is 12.2. The summed E-state index contributed by atoms with van der Waals surface area (Å²) < 4.78 is 5.47. The summed E-state index contributed by atoms with van der Waals surface area (Å²) >= 11 is 0. The number of likely N-dealkylation sites (tertiary alicyclic amines) is 1. The zero-order valence-corrected chi connectivity index (χ0v) is 17.0. The molecule has 2 fully saturated rings. The average Bonchev–Trinajstić information content (AvgIpc) is 3.39. The molecule has 1 aliphatic heterocycles. The number of rotatable bonds is 4. The van der Waals surface area contributed by atoms with Gasteiger partial charge in [0.1, 0.15) is 5.60 Å². The molecule has 1 aromatic rings. The van der Waals surface area contributed by atoms with Gasteiger partial charge in [-0.1, -0.05) is 30.3 Å². The van der Waals surface area contributed by atoms with Crippen LogP contribution < -0.4 is 0 Å². The number of piperidine rings is 1. The molecule has 148 valence electrons. The van der Waals surface area contributed by atoms with Crippen LogP contribution in [-0.4, -0.2) is 53.1 Å². The second-order valence-corrected chi connectivity index (χ2v) is 8.90. The van der Waals surface area contributed by atoms with E-state index >= 15 is 0 Å². The third-order valence-electron chi connectivity index (χ3n) is 5.51. The molecule has 0 aromatic heterocycles. The van der Waals surface area contributed by atoms with Crippen molar-refractivity contribution < 1.29 is 14.3 Å². The predicted molar refractivity (Wildman–Crippen MR) is 106 cm³/mol. The van der Waals surface area contributed by atoms with Crippen molar-refractivity contribution in [2.75, 3.05) is 19.6 Å². The maximum Gasteiger partial charge on any atom is 0.410 e. The summed E-state index contributed by atoms with van der Waals surface area (Å²) in [6.07, 6.45) is 2.67. The molecule has 0 spiro atoms. The van der Waals surface area contributed by atoms with Gasteiger partial charge >= 0.3 is 6.09 Å². The summed E-state index contributed by atoms with van der Waals surface area (Å²) in [5, 5.41) is 0. The first kappa shape index (κ1) is 19.7. The van der Waals surface area contributed by atoms with Gasteiger partial charge in [0, 0.05) is 38.5 Å². The van der Waals surface area contributed by atoms with E-state index < -0.39 is 5.60 Å². The Bertz CT molecular complexity index is 660. The Morgan fingerprint density at radius 2 is 1.78 bits per heavy atom. The van der Waals surface area contributed by atoms with Gasteiger partial charge in [-0.05, 0) is 51.5 Å². The zero-order valence-electron chi connectivity index (χ0n) is 17.0. The Labute approximate surface area is 162 Å². The van der Waals surface area contributed by atoms with E-state index in [0.717, 1.165) is 25.8 Å². The predicted octanol–water partition coefficient (Wildman–Crippen LogP) is 4.04. The summed E-state index contributed by atoms with van der Waals surface area (Å²) in [6.45, 7) is 9.56. The van der Waals surface area contributed by atoms with Crippen LogP contribution in [0.2, 0.25) is 0 Å². The Hall–Kier alpha value is -2.04. The molecule has 2 amide bonds. The lowest BCUT2D eigenvalue weighted by Gasteiger charge is -2.35. The van der Waals surface area contributed by atoms with Gasteiger partial charge in [-0.25, -0.2) is 4.79 Å². The Kier molecular flexibility index (Phi) is 5.78. The highest BCUT2D eigenvalue weighted by molar-refractivity contribution is 5.74. The molecule has 0 radical (unpaired) electrons. The van der Waals surface area contributed by atoms with Crippen molar-refractivity contribution in [3.63, 3.8) is 0 Å². The van der Waals surface area contributed by atoms with Gasteiger partial charge < -0.3 is 14.5 Å². The zero-order chi connectivity index (χ0) is 19.6. The largest absolute Gasteiger partial charge is 0.444 e. The lowest BCUT2D eigenvalue weighted by molar-refractivity contribution is -0.130. The Morgan fingerprint density at radius 3 is 2.33 bits per heavy atom. The molecule has 0 bridgehead atoms. The number of hydrogen-bond donors (Lipinski definition) is 0. The fourth-order valence-corrected chi connectivity index (χ4v) is 3.98. The van der Waals surface area contributed by atoms with Gasteiger partial charge in [-0.3, -0.25) is 4.79 Å². The minimum Gasteiger partial charge on any atom is -0.444 e. The van der Waals surface area contributed by atoms with Crippen molar-refractivity contribution in [1.82, 2.24) is 9.80 Å². The van der Waals surface area contributed by atoms with E-state index in [4.69, 9.17) is 4.74 Å². The number of benzene rings is 1. The molecule has 5 heteroatoms. The molecular weight excluding hydrogens is 340 g/mol. The molecule has 1 aromatic carbocycles. The average molecular weight is 373 g/mol. The molecular formula is C22H32N2O3. The minimum atomic E-state index is -0.461. The van der Waals surface area contributed by atoms with Gasteiger partial charge in [0.05, 0.1) is 0 Å². The third kappa shape index (κ3) is 5.24. The van der Waals surface area contributed by atoms with E-state index in [2.05, 4.69) is 29.2 Å². The molecule has 0 N–H and O–H groups in total. The van der Waals surface area contributed by atoms with Crippen molar-refractivity contribution in [2.24, 2.45) is 5.92 Å². The number of nitrogens with zero attached hydrogens (tertiary/aromatic N) is 2. The van der Waals surface area contributed by atoms with Crippen molar-refractivity contribution in [2.45, 2.75) is 64.5 Å². The molecule has 5 nitrogen and oxygen atoms in total. The normalized spacial score (nSPS) is 23.0. The Balaban J connectivity index is 1.51. The van der Waals surface area contributed by atoms with Crippen LogP contribution in [0.4, 0.5) is 4.79 Å². The molecule has 3 rings (SSSR count). The lowest BCUT2D eigenvalue weighted by atomic mass is 9.96. The fraction of sp³-hybridized carbons (Fsp3) is 0.636. The lowest BCUT2D eigenvalue weighted by Crippen LogP contribution is -2.44. The number of amides is 2. The van der Waals surface area contributed by atoms with Crippen LogP contribution in [-0.2, 0) is 9.53 Å². The number of carbonyl (C=O) groups excluding carboxylic acids is 2. The monoisotopic (exact) mass is 372 g/mol. The quantitative estimate of drug-likeness (QED) is 0.801. The minimum absolute atomic E-state index is 0.160. The highest BCUT2D eigenvalue weighted by Gasteiger charge is 2.44. The van der Waals surface area contributed by atoms with Crippen LogP contribution >= 0.6 is 0 Å². The van der Waals surface area contributed by atoms with Crippen LogP contribution in [0.25, 0.3) is 0 Å². The summed E-state index contributed by atoms with van der Waals surface area (Å²) in [5.41, 5.74) is 0.867. The van der Waals surface area contributed by atoms with Crippen LogP contribution in [0.1, 0.15) is 58.4 Å². The molecule has 1 saturated carbocycles. The van der Waals surface area contributed by atoms with Gasteiger partial charge in [-0.15, -0.1) is 0 Å². The van der Waals surface area contributed by atoms with Gasteiger partial charge in [0.15, 0.2) is 0 Å². The van der Waals surface area contributed by atoms with Crippen LogP contribution in [0, 0.1) is 5.92 Å². The maximum atomic E-state index is 12.2. The molecule has 1 aliphatic carbocycles. The first-order chi connectivity index (χ1) is 12.7. The summed E-state index contributed by atoms with van der Waals surface area (Å²) in [6, 6.07) is 10.8. The van der Waals surface area contributed by atoms with Crippen molar-refractivity contribution in [3.05, 3.63) is 35.9 Å². The van der Waals surface area contributed by atoms with Crippen molar-refractivity contribution >= 4 is 12.0 Å². The summed E-state index contributed by atoms with van der Waals surface area (Å²) in [5.74, 6) is 1.08. The molecule has 27 heavy (non-hydrogen) atoms. The standard InChI is InChI=1S/C22H32N2O3/c1-16(25)24(20-14-19(20)18-8-6-5-7-9-18)15-17-10-12-23(13-11-17)21(26)27-22(2,3)4/h5-9,17,19-20H,10-15H2,1-4H3. The van der Waals surface area contributed by atoms with Crippen LogP contribution in [0.3, 0.4) is 0 Å². The second kappa shape index (κ2) is 7.91. The number of carbonyl (C=O) groups is 2. The van der Waals surface area contributed by atoms with Gasteiger partial charge in [0.25, 0.3) is 0 Å². The van der Waals surface area contributed by atoms with Crippen molar-refractivity contribution in [1.29, 1.82) is 0 Å². The van der Waals surface area contributed by atoms with E-state index in [-0.39, 0.29) is 12.0 Å². The number of hydrogen-bond acceptors (Lipinski definition) is 3. The first-order valence-electron chi connectivity index (χ1n) is 10.0. The van der Waals surface area contributed by atoms with Gasteiger partial charge in [-0.2, -0.15) is 0 Å². The van der Waals surface area contributed by atoms with E-state index in [0.29, 0.717) is 31.0 Å². The van der Waals surface area contributed by atoms with E-state index in [1.165, 1.54) is 5.56 Å². The second-order valence-electron chi connectivity index (χ2n) is 8.90. The molecule has 1 saturated heterocycles. The fourth-order valence-electron chi connectivity index (χ4n) is 3.98. The molecule has 2 aliphatic rings. The molecule has 1 heterocycles. The topological polar surface area (TPSA) is 49.9 Å². The Morgan fingerprint density at radius 1 is 1.15 bits per heavy atom. The van der Waals surface area contributed by atoms with Crippen LogP contribution in [0.5, 0.6) is 0 Å².